The molecule has 0 aliphatic carbocycles. The maximum atomic E-state index is 13.1. The first-order valence-electron chi connectivity index (χ1n) is 8.51. The number of carbonyl (C=O) groups is 2. The van der Waals surface area contributed by atoms with Gasteiger partial charge in [-0.1, -0.05) is 12.1 Å². The molecule has 1 amide bonds. The van der Waals surface area contributed by atoms with Gasteiger partial charge in [-0.2, -0.15) is 0 Å². The van der Waals surface area contributed by atoms with Gasteiger partial charge in [-0.3, -0.25) is 14.5 Å². The molecule has 1 N–H and O–H groups in total. The van der Waals surface area contributed by atoms with Crippen LogP contribution < -0.4 is 5.32 Å². The van der Waals surface area contributed by atoms with Crippen molar-refractivity contribution >= 4 is 17.4 Å². The molecule has 26 heavy (non-hydrogen) atoms. The van der Waals surface area contributed by atoms with Gasteiger partial charge in [0.25, 0.3) is 0 Å². The number of morpholine rings is 1. The number of hydrogen-bond donors (Lipinski definition) is 1. The first kappa shape index (κ1) is 18.2. The Morgan fingerprint density at radius 1 is 1.15 bits per heavy atom. The average molecular weight is 356 g/mol. The quantitative estimate of drug-likeness (QED) is 0.837. The highest BCUT2D eigenvalue weighted by molar-refractivity contribution is 5.96. The fourth-order valence-electron chi connectivity index (χ4n) is 2.92. The zero-order valence-corrected chi connectivity index (χ0v) is 14.6. The molecule has 1 atom stereocenters. The van der Waals surface area contributed by atoms with Crippen molar-refractivity contribution in [1.29, 1.82) is 0 Å². The smallest absolute Gasteiger partial charge is 0.238 e. The molecule has 0 radical (unpaired) electrons. The first-order chi connectivity index (χ1) is 12.5. The Hall–Kier alpha value is -2.57. The molecule has 1 aliphatic rings. The van der Waals surface area contributed by atoms with E-state index >= 15 is 0 Å². The summed E-state index contributed by atoms with van der Waals surface area (Å²) >= 11 is 0. The Balaban J connectivity index is 1.55. The van der Waals surface area contributed by atoms with Gasteiger partial charge < -0.3 is 10.1 Å². The zero-order chi connectivity index (χ0) is 18.5. The highest BCUT2D eigenvalue weighted by atomic mass is 19.1. The molecule has 1 fully saturated rings. The largest absolute Gasteiger partial charge is 0.371 e. The molecule has 0 spiro atoms. The average Bonchev–Trinajstić information content (AvgIpc) is 2.63. The predicted molar refractivity (Wildman–Crippen MR) is 96.6 cm³/mol. The van der Waals surface area contributed by atoms with E-state index in [-0.39, 0.29) is 30.2 Å². The van der Waals surface area contributed by atoms with Crippen LogP contribution in [0.3, 0.4) is 0 Å². The minimum atomic E-state index is -0.281. The molecule has 1 heterocycles. The minimum absolute atomic E-state index is 0.0111. The molecule has 2 aromatic carbocycles. The molecule has 136 valence electrons. The number of carbonyl (C=O) groups excluding carboxylic acids is 2. The van der Waals surface area contributed by atoms with Gasteiger partial charge in [0.05, 0.1) is 19.3 Å². The van der Waals surface area contributed by atoms with Gasteiger partial charge in [0.2, 0.25) is 5.91 Å². The molecule has 1 aliphatic heterocycles. The van der Waals surface area contributed by atoms with Crippen LogP contribution in [0.25, 0.3) is 0 Å². The van der Waals surface area contributed by atoms with Crippen LogP contribution in [-0.4, -0.2) is 42.8 Å². The van der Waals surface area contributed by atoms with Crippen LogP contribution in [0.2, 0.25) is 0 Å². The minimum Gasteiger partial charge on any atom is -0.371 e. The number of Topliss-reactive ketones (excluding diaryl/α,β-unsaturated/α-hetero) is 1. The number of nitrogens with one attached hydrogen (secondary N) is 1. The van der Waals surface area contributed by atoms with E-state index in [0.29, 0.717) is 30.9 Å². The van der Waals surface area contributed by atoms with Crippen molar-refractivity contribution in [3.63, 3.8) is 0 Å². The van der Waals surface area contributed by atoms with Gasteiger partial charge in [0, 0.05) is 24.3 Å². The van der Waals surface area contributed by atoms with Crippen LogP contribution in [0.5, 0.6) is 0 Å². The summed E-state index contributed by atoms with van der Waals surface area (Å²) in [6.07, 6.45) is -0.174. The molecule has 5 nitrogen and oxygen atoms in total. The van der Waals surface area contributed by atoms with Crippen LogP contribution in [0.4, 0.5) is 10.1 Å². The molecule has 0 saturated carbocycles. The van der Waals surface area contributed by atoms with Crippen LogP contribution in [0.1, 0.15) is 28.9 Å². The molecule has 6 heteroatoms. The summed E-state index contributed by atoms with van der Waals surface area (Å²) in [6, 6.07) is 13.1. The lowest BCUT2D eigenvalue weighted by atomic mass is 10.1. The van der Waals surface area contributed by atoms with E-state index in [4.69, 9.17) is 4.74 Å². The number of rotatable bonds is 5. The van der Waals surface area contributed by atoms with E-state index in [0.717, 1.165) is 5.56 Å². The Bertz CT molecular complexity index is 775. The number of halogens is 1. The third-order valence-corrected chi connectivity index (χ3v) is 4.33. The summed E-state index contributed by atoms with van der Waals surface area (Å²) < 4.78 is 18.8. The summed E-state index contributed by atoms with van der Waals surface area (Å²) in [5, 5.41) is 2.84. The summed E-state index contributed by atoms with van der Waals surface area (Å²) in [7, 11) is 0. The molecule has 3 rings (SSSR count). The van der Waals surface area contributed by atoms with Crippen LogP contribution in [0.15, 0.2) is 48.5 Å². The van der Waals surface area contributed by atoms with Crippen molar-refractivity contribution in [2.75, 3.05) is 31.6 Å². The topological polar surface area (TPSA) is 58.6 Å². The number of anilines is 1. The van der Waals surface area contributed by atoms with Crippen molar-refractivity contribution in [1.82, 2.24) is 4.90 Å². The number of ketones is 1. The predicted octanol–water partition coefficient (Wildman–Crippen LogP) is 3.04. The third-order valence-electron chi connectivity index (χ3n) is 4.33. The van der Waals surface area contributed by atoms with Gasteiger partial charge in [0.1, 0.15) is 5.82 Å². The van der Waals surface area contributed by atoms with Crippen LogP contribution >= 0.6 is 0 Å². The van der Waals surface area contributed by atoms with Gasteiger partial charge in [0.15, 0.2) is 5.78 Å². The van der Waals surface area contributed by atoms with E-state index in [1.54, 1.807) is 36.4 Å². The molecule has 0 bridgehead atoms. The molecule has 0 aromatic heterocycles. The van der Waals surface area contributed by atoms with Crippen molar-refractivity contribution in [2.45, 2.75) is 13.0 Å². The van der Waals surface area contributed by atoms with Gasteiger partial charge in [-0.25, -0.2) is 4.39 Å². The Labute approximate surface area is 151 Å². The van der Waals surface area contributed by atoms with Crippen LogP contribution in [0, 0.1) is 5.82 Å². The van der Waals surface area contributed by atoms with E-state index in [9.17, 15) is 14.0 Å². The lowest BCUT2D eigenvalue weighted by molar-refractivity contribution is -0.119. The first-order valence-corrected chi connectivity index (χ1v) is 8.51. The Morgan fingerprint density at radius 2 is 1.85 bits per heavy atom. The van der Waals surface area contributed by atoms with E-state index in [1.165, 1.54) is 19.1 Å². The second-order valence-corrected chi connectivity index (χ2v) is 6.33. The van der Waals surface area contributed by atoms with Crippen LogP contribution in [-0.2, 0) is 9.53 Å². The molecular formula is C20H21FN2O3. The standard InChI is InChI=1S/C20H21FN2O3/c1-14(24)15-4-8-18(9-5-15)22-20(25)13-23-10-11-26-19(12-23)16-2-6-17(21)7-3-16/h2-9,19H,10-13H2,1H3,(H,22,25). The molecular weight excluding hydrogens is 335 g/mol. The van der Waals surface area contributed by atoms with E-state index in [1.807, 2.05) is 4.90 Å². The molecule has 1 unspecified atom stereocenters. The fourth-order valence-corrected chi connectivity index (χ4v) is 2.92. The third kappa shape index (κ3) is 4.74. The summed E-state index contributed by atoms with van der Waals surface area (Å²) in [5.74, 6) is -0.417. The Morgan fingerprint density at radius 3 is 2.50 bits per heavy atom. The lowest BCUT2D eigenvalue weighted by Gasteiger charge is -2.32. The second-order valence-electron chi connectivity index (χ2n) is 6.33. The van der Waals surface area contributed by atoms with Gasteiger partial charge in [-0.15, -0.1) is 0 Å². The fraction of sp³-hybridized carbons (Fsp3) is 0.300. The summed E-state index contributed by atoms with van der Waals surface area (Å²) in [4.78, 5) is 25.6. The van der Waals surface area contributed by atoms with Gasteiger partial charge in [-0.05, 0) is 48.9 Å². The molecule has 2 aromatic rings. The zero-order valence-electron chi connectivity index (χ0n) is 14.6. The number of ether oxygens (including phenoxy) is 1. The maximum Gasteiger partial charge on any atom is 0.238 e. The monoisotopic (exact) mass is 356 g/mol. The molecule has 1 saturated heterocycles. The van der Waals surface area contributed by atoms with Crippen molar-refractivity contribution in [3.8, 4) is 0 Å². The van der Waals surface area contributed by atoms with Gasteiger partial charge >= 0.3 is 0 Å². The second kappa shape index (κ2) is 8.21. The van der Waals surface area contributed by atoms with Crippen molar-refractivity contribution < 1.29 is 18.7 Å². The van der Waals surface area contributed by atoms with E-state index < -0.39 is 0 Å². The van der Waals surface area contributed by atoms with Crippen molar-refractivity contribution in [3.05, 3.63) is 65.5 Å². The highest BCUT2D eigenvalue weighted by Crippen LogP contribution is 2.22. The number of hydrogen-bond acceptors (Lipinski definition) is 4. The number of benzene rings is 2. The maximum absolute atomic E-state index is 13.1. The lowest BCUT2D eigenvalue weighted by Crippen LogP contribution is -2.42. The SMILES string of the molecule is CC(=O)c1ccc(NC(=O)CN2CCOC(c3ccc(F)cc3)C2)cc1. The van der Waals surface area contributed by atoms with Crippen molar-refractivity contribution in [2.24, 2.45) is 0 Å². The normalized spacial score (nSPS) is 17.7. The summed E-state index contributed by atoms with van der Waals surface area (Å²) in [5.41, 5.74) is 2.16. The highest BCUT2D eigenvalue weighted by Gasteiger charge is 2.23. The number of nitrogens with zero attached hydrogens (tertiary/aromatic N) is 1. The Kier molecular flexibility index (Phi) is 5.75. The number of amides is 1. The van der Waals surface area contributed by atoms with E-state index in [2.05, 4.69) is 5.32 Å². The summed E-state index contributed by atoms with van der Waals surface area (Å²) in [6.45, 7) is 3.50.